The fraction of sp³-hybridized carbons (Fsp3) is 0.429. The second-order valence-electron chi connectivity index (χ2n) is 7.47. The van der Waals surface area contributed by atoms with Crippen molar-refractivity contribution in [1.29, 1.82) is 0 Å². The molecule has 0 saturated carbocycles. The van der Waals surface area contributed by atoms with Crippen LogP contribution in [0.15, 0.2) is 39.9 Å². The summed E-state index contributed by atoms with van der Waals surface area (Å²) in [5, 5.41) is 0.739. The number of thiazole rings is 1. The Labute approximate surface area is 178 Å². The summed E-state index contributed by atoms with van der Waals surface area (Å²) in [6, 6.07) is 9.74. The van der Waals surface area contributed by atoms with Crippen molar-refractivity contribution in [3.8, 4) is 0 Å². The Morgan fingerprint density at radius 3 is 2.53 bits per heavy atom. The largest absolute Gasteiger partial charge is 0.348 e. The topological polar surface area (TPSA) is 80.4 Å². The first-order valence-corrected chi connectivity index (χ1v) is 11.0. The first kappa shape index (κ1) is 20.3. The van der Waals surface area contributed by atoms with E-state index in [4.69, 9.17) is 0 Å². The molecular weight excluding hydrogens is 402 g/mol. The molecule has 3 heterocycles. The molecule has 1 aliphatic heterocycles. The summed E-state index contributed by atoms with van der Waals surface area (Å²) in [5.41, 5.74) is 0.447. The highest BCUT2D eigenvalue weighted by atomic mass is 32.1. The number of aromatic nitrogens is 3. The molecule has 0 atom stereocenters. The van der Waals surface area contributed by atoms with Crippen molar-refractivity contribution in [3.63, 3.8) is 0 Å². The molecule has 158 valence electrons. The van der Waals surface area contributed by atoms with Crippen molar-refractivity contribution in [2.75, 3.05) is 24.5 Å². The van der Waals surface area contributed by atoms with Gasteiger partial charge in [-0.05, 0) is 25.3 Å². The minimum Gasteiger partial charge on any atom is -0.348 e. The Balaban J connectivity index is 1.69. The molecule has 3 aromatic rings. The maximum absolute atomic E-state index is 13.0. The summed E-state index contributed by atoms with van der Waals surface area (Å²) in [7, 11) is 1.45. The monoisotopic (exact) mass is 427 g/mol. The zero-order valence-electron chi connectivity index (χ0n) is 17.2. The number of hydrogen-bond donors (Lipinski definition) is 0. The molecule has 0 aliphatic carbocycles. The molecule has 1 fully saturated rings. The standard InChI is InChI=1S/C21H25N5O3S/c1-3-24(13-15-9-5-4-6-10-15)16(27)14-26-18-17(19(28)23(2)21(26)29)30-20(22-18)25-11-7-8-12-25/h4-6,9-10H,3,7-8,11-14H2,1-2H3. The van der Waals surface area contributed by atoms with Crippen molar-refractivity contribution in [2.24, 2.45) is 7.05 Å². The maximum Gasteiger partial charge on any atom is 0.332 e. The van der Waals surface area contributed by atoms with Crippen LogP contribution in [0.2, 0.25) is 0 Å². The van der Waals surface area contributed by atoms with Gasteiger partial charge in [0.2, 0.25) is 5.91 Å². The molecule has 0 N–H and O–H groups in total. The molecule has 1 aromatic carbocycles. The van der Waals surface area contributed by atoms with Crippen LogP contribution in [0.5, 0.6) is 0 Å². The molecule has 30 heavy (non-hydrogen) atoms. The van der Waals surface area contributed by atoms with Gasteiger partial charge in [-0.1, -0.05) is 41.7 Å². The van der Waals surface area contributed by atoms with E-state index < -0.39 is 5.69 Å². The Morgan fingerprint density at radius 1 is 1.17 bits per heavy atom. The summed E-state index contributed by atoms with van der Waals surface area (Å²) in [4.78, 5) is 47.0. The van der Waals surface area contributed by atoms with Gasteiger partial charge < -0.3 is 9.80 Å². The Bertz CT molecular complexity index is 1180. The third-order valence-corrected chi connectivity index (χ3v) is 6.58. The van der Waals surface area contributed by atoms with Crippen molar-refractivity contribution in [1.82, 2.24) is 19.0 Å². The number of amides is 1. The van der Waals surface area contributed by atoms with Crippen LogP contribution in [-0.2, 0) is 24.9 Å². The number of nitrogens with zero attached hydrogens (tertiary/aromatic N) is 5. The number of rotatable bonds is 6. The number of anilines is 1. The van der Waals surface area contributed by atoms with Crippen LogP contribution < -0.4 is 16.1 Å². The fourth-order valence-electron chi connectivity index (χ4n) is 3.74. The summed E-state index contributed by atoms with van der Waals surface area (Å²) in [6.45, 7) is 4.54. The van der Waals surface area contributed by atoms with Crippen molar-refractivity contribution in [3.05, 3.63) is 56.7 Å². The number of likely N-dealkylation sites (N-methyl/N-ethyl adjacent to an activating group) is 1. The molecule has 1 aliphatic rings. The number of fused-ring (bicyclic) bond motifs is 1. The van der Waals surface area contributed by atoms with Crippen molar-refractivity contribution < 1.29 is 4.79 Å². The third kappa shape index (κ3) is 3.77. The number of carbonyl (C=O) groups excluding carboxylic acids is 1. The van der Waals surface area contributed by atoms with Crippen LogP contribution in [0.4, 0.5) is 5.13 Å². The van der Waals surface area contributed by atoms with Crippen LogP contribution in [0.1, 0.15) is 25.3 Å². The lowest BCUT2D eigenvalue weighted by molar-refractivity contribution is -0.132. The van der Waals surface area contributed by atoms with Crippen LogP contribution in [0, 0.1) is 0 Å². The van der Waals surface area contributed by atoms with E-state index in [-0.39, 0.29) is 18.0 Å². The summed E-state index contributed by atoms with van der Waals surface area (Å²) in [5.74, 6) is -0.181. The van der Waals surface area contributed by atoms with E-state index in [1.54, 1.807) is 4.90 Å². The third-order valence-electron chi connectivity index (χ3n) is 5.49. The highest BCUT2D eigenvalue weighted by Crippen LogP contribution is 2.28. The quantitative estimate of drug-likeness (QED) is 0.599. The van der Waals surface area contributed by atoms with Gasteiger partial charge in [-0.15, -0.1) is 0 Å². The van der Waals surface area contributed by atoms with Crippen LogP contribution >= 0.6 is 11.3 Å². The van der Waals surface area contributed by atoms with E-state index in [0.717, 1.165) is 41.2 Å². The molecule has 8 nitrogen and oxygen atoms in total. The summed E-state index contributed by atoms with van der Waals surface area (Å²) < 4.78 is 2.82. The molecule has 0 radical (unpaired) electrons. The zero-order valence-corrected chi connectivity index (χ0v) is 18.0. The predicted molar refractivity (Wildman–Crippen MR) is 118 cm³/mol. The average molecular weight is 428 g/mol. The number of carbonyl (C=O) groups is 1. The Morgan fingerprint density at radius 2 is 1.87 bits per heavy atom. The van der Waals surface area contributed by atoms with Crippen LogP contribution in [-0.4, -0.2) is 44.6 Å². The molecule has 2 aromatic heterocycles. The number of hydrogen-bond acceptors (Lipinski definition) is 6. The lowest BCUT2D eigenvalue weighted by atomic mass is 10.2. The molecular formula is C21H25N5O3S. The second-order valence-corrected chi connectivity index (χ2v) is 8.45. The smallest absolute Gasteiger partial charge is 0.332 e. The minimum atomic E-state index is -0.519. The molecule has 0 spiro atoms. The first-order valence-electron chi connectivity index (χ1n) is 10.2. The normalized spacial score (nSPS) is 13.9. The molecule has 1 saturated heterocycles. The van der Waals surface area contributed by atoms with E-state index in [9.17, 15) is 14.4 Å². The van der Waals surface area contributed by atoms with E-state index in [0.29, 0.717) is 23.4 Å². The lowest BCUT2D eigenvalue weighted by Gasteiger charge is -2.21. The zero-order chi connectivity index (χ0) is 21.3. The highest BCUT2D eigenvalue weighted by molar-refractivity contribution is 7.22. The van der Waals surface area contributed by atoms with Gasteiger partial charge in [0.05, 0.1) is 0 Å². The van der Waals surface area contributed by atoms with Crippen LogP contribution in [0.25, 0.3) is 10.3 Å². The Hall–Kier alpha value is -2.94. The maximum atomic E-state index is 13.0. The fourth-order valence-corrected chi connectivity index (χ4v) is 4.83. The van der Waals surface area contributed by atoms with Gasteiger partial charge >= 0.3 is 5.69 Å². The first-order chi connectivity index (χ1) is 14.5. The molecule has 9 heteroatoms. The van der Waals surface area contributed by atoms with Crippen LogP contribution in [0.3, 0.4) is 0 Å². The van der Waals surface area contributed by atoms with E-state index >= 15 is 0 Å². The van der Waals surface area contributed by atoms with Crippen molar-refractivity contribution in [2.45, 2.75) is 32.9 Å². The molecule has 1 amide bonds. The van der Waals surface area contributed by atoms with Gasteiger partial charge in [0.25, 0.3) is 5.56 Å². The van der Waals surface area contributed by atoms with Crippen molar-refractivity contribution >= 4 is 32.7 Å². The highest BCUT2D eigenvalue weighted by Gasteiger charge is 2.23. The average Bonchev–Trinajstić information content (AvgIpc) is 3.44. The Kier molecular flexibility index (Phi) is 5.72. The van der Waals surface area contributed by atoms with E-state index in [1.807, 2.05) is 37.3 Å². The van der Waals surface area contributed by atoms with Gasteiger partial charge in [0.1, 0.15) is 11.2 Å². The predicted octanol–water partition coefficient (Wildman–Crippen LogP) is 1.81. The van der Waals surface area contributed by atoms with Gasteiger partial charge in [0.15, 0.2) is 10.8 Å². The van der Waals surface area contributed by atoms with E-state index in [1.165, 1.54) is 23.0 Å². The lowest BCUT2D eigenvalue weighted by Crippen LogP contribution is -2.42. The number of benzene rings is 1. The van der Waals surface area contributed by atoms with Gasteiger partial charge in [-0.2, -0.15) is 0 Å². The minimum absolute atomic E-state index is 0.146. The van der Waals surface area contributed by atoms with Gasteiger partial charge in [0, 0.05) is 33.2 Å². The summed E-state index contributed by atoms with van der Waals surface area (Å²) >= 11 is 1.30. The van der Waals surface area contributed by atoms with E-state index in [2.05, 4.69) is 9.88 Å². The molecule has 0 bridgehead atoms. The second kappa shape index (κ2) is 8.43. The molecule has 4 rings (SSSR count). The SMILES string of the molecule is CCN(Cc1ccccc1)C(=O)Cn1c(=O)n(C)c(=O)c2sc(N3CCCC3)nc21. The summed E-state index contributed by atoms with van der Waals surface area (Å²) in [6.07, 6.45) is 2.17. The van der Waals surface area contributed by atoms with Gasteiger partial charge in [-0.25, -0.2) is 9.78 Å². The van der Waals surface area contributed by atoms with Gasteiger partial charge in [-0.3, -0.25) is 18.7 Å². The molecule has 0 unspecified atom stereocenters.